The first-order valence-corrected chi connectivity index (χ1v) is 9.22. The standard InChI is InChI=1S/C18H21Cl2N3O5/c1-5-6-14-11(9-21-25)17(23(3)22-14)28-16-8-15(12(19)7-13(16)20)27-10(2)18(24)26-4/h7-10,25H,5-6H2,1-4H3/t10-/m0/s1. The smallest absolute Gasteiger partial charge is 0.346 e. The summed E-state index contributed by atoms with van der Waals surface area (Å²) in [5.74, 6) is 0.215. The topological polar surface area (TPSA) is 95.2 Å². The third-order valence-electron chi connectivity index (χ3n) is 3.81. The molecule has 0 fully saturated rings. The van der Waals surface area contributed by atoms with Crippen LogP contribution in [0.4, 0.5) is 0 Å². The Morgan fingerprint density at radius 2 is 2.04 bits per heavy atom. The van der Waals surface area contributed by atoms with E-state index >= 15 is 0 Å². The number of ether oxygens (including phenoxy) is 3. The molecule has 0 amide bonds. The Hall–Kier alpha value is -2.45. The van der Waals surface area contributed by atoms with Gasteiger partial charge in [0.15, 0.2) is 11.9 Å². The minimum Gasteiger partial charge on any atom is -0.477 e. The third-order valence-corrected chi connectivity index (χ3v) is 4.40. The SMILES string of the molecule is CCCc1nn(C)c(Oc2cc(O[C@@H](C)C(=O)OC)c(Cl)cc2Cl)c1C=NO. The maximum atomic E-state index is 11.6. The molecular weight excluding hydrogens is 409 g/mol. The highest BCUT2D eigenvalue weighted by molar-refractivity contribution is 6.36. The highest BCUT2D eigenvalue weighted by atomic mass is 35.5. The van der Waals surface area contributed by atoms with Gasteiger partial charge in [-0.25, -0.2) is 9.48 Å². The molecule has 0 aliphatic rings. The molecule has 1 aromatic carbocycles. The molecular formula is C18H21Cl2N3O5. The molecule has 0 aliphatic heterocycles. The predicted molar refractivity (Wildman–Crippen MR) is 105 cm³/mol. The van der Waals surface area contributed by atoms with Crippen molar-refractivity contribution in [3.63, 3.8) is 0 Å². The van der Waals surface area contributed by atoms with E-state index in [9.17, 15) is 4.79 Å². The maximum absolute atomic E-state index is 11.6. The summed E-state index contributed by atoms with van der Waals surface area (Å²) < 4.78 is 17.6. The fraction of sp³-hybridized carbons (Fsp3) is 0.389. The maximum Gasteiger partial charge on any atom is 0.346 e. The lowest BCUT2D eigenvalue weighted by atomic mass is 10.2. The first-order chi connectivity index (χ1) is 13.3. The van der Waals surface area contributed by atoms with Crippen molar-refractivity contribution in [3.05, 3.63) is 33.4 Å². The van der Waals surface area contributed by atoms with Gasteiger partial charge in [0.1, 0.15) is 5.75 Å². The summed E-state index contributed by atoms with van der Waals surface area (Å²) in [7, 11) is 2.96. The number of hydrogen-bond donors (Lipinski definition) is 1. The fourth-order valence-corrected chi connectivity index (χ4v) is 2.96. The summed E-state index contributed by atoms with van der Waals surface area (Å²) in [4.78, 5) is 11.6. The average Bonchev–Trinajstić information content (AvgIpc) is 2.93. The Morgan fingerprint density at radius 1 is 1.36 bits per heavy atom. The van der Waals surface area contributed by atoms with E-state index in [2.05, 4.69) is 15.0 Å². The normalized spacial score (nSPS) is 12.2. The van der Waals surface area contributed by atoms with Crippen LogP contribution >= 0.6 is 23.2 Å². The Kier molecular flexibility index (Phi) is 7.53. The molecule has 2 aromatic rings. The van der Waals surface area contributed by atoms with Crippen molar-refractivity contribution in [1.82, 2.24) is 9.78 Å². The van der Waals surface area contributed by atoms with Crippen LogP contribution in [0.15, 0.2) is 17.3 Å². The Morgan fingerprint density at radius 3 is 2.64 bits per heavy atom. The number of hydrogen-bond acceptors (Lipinski definition) is 7. The van der Waals surface area contributed by atoms with E-state index in [1.54, 1.807) is 7.05 Å². The van der Waals surface area contributed by atoms with E-state index in [4.69, 9.17) is 37.9 Å². The molecule has 1 N–H and O–H groups in total. The van der Waals surface area contributed by atoms with Gasteiger partial charge in [-0.3, -0.25) is 0 Å². The second kappa shape index (κ2) is 9.66. The zero-order valence-corrected chi connectivity index (χ0v) is 17.4. The summed E-state index contributed by atoms with van der Waals surface area (Å²) in [6, 6.07) is 2.91. The number of benzene rings is 1. The number of halogens is 2. The number of rotatable bonds is 8. The van der Waals surface area contributed by atoms with E-state index in [1.165, 1.54) is 37.1 Å². The van der Waals surface area contributed by atoms with Gasteiger partial charge < -0.3 is 19.4 Å². The Bertz CT molecular complexity index is 883. The van der Waals surface area contributed by atoms with Crippen molar-refractivity contribution in [3.8, 4) is 17.4 Å². The highest BCUT2D eigenvalue weighted by Crippen LogP contribution is 2.39. The fourth-order valence-electron chi connectivity index (χ4n) is 2.50. The van der Waals surface area contributed by atoms with Gasteiger partial charge in [0, 0.05) is 13.1 Å². The number of aromatic nitrogens is 2. The molecule has 0 saturated carbocycles. The molecule has 0 bridgehead atoms. The van der Waals surface area contributed by atoms with Gasteiger partial charge in [0.05, 0.1) is 34.6 Å². The summed E-state index contributed by atoms with van der Waals surface area (Å²) in [6.07, 6.45) is 1.92. The van der Waals surface area contributed by atoms with E-state index in [0.717, 1.165) is 12.1 Å². The van der Waals surface area contributed by atoms with Crippen LogP contribution in [0.5, 0.6) is 17.4 Å². The van der Waals surface area contributed by atoms with E-state index < -0.39 is 12.1 Å². The average molecular weight is 430 g/mol. The van der Waals surface area contributed by atoms with Crippen molar-refractivity contribution in [2.45, 2.75) is 32.8 Å². The van der Waals surface area contributed by atoms with Crippen molar-refractivity contribution in [2.75, 3.05) is 7.11 Å². The van der Waals surface area contributed by atoms with Gasteiger partial charge in [0.2, 0.25) is 5.88 Å². The summed E-state index contributed by atoms with van der Waals surface area (Å²) in [6.45, 7) is 3.54. The monoisotopic (exact) mass is 429 g/mol. The first kappa shape index (κ1) is 21.8. The van der Waals surface area contributed by atoms with Gasteiger partial charge >= 0.3 is 5.97 Å². The summed E-state index contributed by atoms with van der Waals surface area (Å²) >= 11 is 12.4. The molecule has 0 unspecified atom stereocenters. The highest BCUT2D eigenvalue weighted by Gasteiger charge is 2.21. The molecule has 152 valence electrons. The van der Waals surface area contributed by atoms with Crippen molar-refractivity contribution >= 4 is 35.4 Å². The van der Waals surface area contributed by atoms with Crippen LogP contribution in [-0.4, -0.2) is 40.4 Å². The molecule has 1 atom stereocenters. The lowest BCUT2D eigenvalue weighted by Gasteiger charge is -2.16. The molecule has 0 saturated heterocycles. The largest absolute Gasteiger partial charge is 0.477 e. The van der Waals surface area contributed by atoms with Gasteiger partial charge in [-0.05, 0) is 19.4 Å². The Labute approximate surface area is 172 Å². The van der Waals surface area contributed by atoms with Gasteiger partial charge in [-0.15, -0.1) is 0 Å². The Balaban J connectivity index is 2.41. The third kappa shape index (κ3) is 4.88. The molecule has 1 aromatic heterocycles. The molecule has 0 aliphatic carbocycles. The molecule has 8 nitrogen and oxygen atoms in total. The number of nitrogens with zero attached hydrogens (tertiary/aromatic N) is 3. The molecule has 0 radical (unpaired) electrons. The number of carbonyl (C=O) groups is 1. The molecule has 1 heterocycles. The van der Waals surface area contributed by atoms with E-state index in [-0.39, 0.29) is 21.5 Å². The molecule has 10 heteroatoms. The van der Waals surface area contributed by atoms with Crippen LogP contribution in [0.2, 0.25) is 10.0 Å². The second-order valence-electron chi connectivity index (χ2n) is 5.88. The van der Waals surface area contributed by atoms with Crippen LogP contribution in [0.3, 0.4) is 0 Å². The molecule has 0 spiro atoms. The van der Waals surface area contributed by atoms with Crippen molar-refractivity contribution in [2.24, 2.45) is 12.2 Å². The zero-order chi connectivity index (χ0) is 20.8. The number of methoxy groups -OCH3 is 1. The van der Waals surface area contributed by atoms with E-state index in [1.807, 2.05) is 6.92 Å². The molecule has 2 rings (SSSR count). The number of oxime groups is 1. The summed E-state index contributed by atoms with van der Waals surface area (Å²) in [5, 5.41) is 16.9. The van der Waals surface area contributed by atoms with Crippen LogP contribution in [0, 0.1) is 0 Å². The second-order valence-corrected chi connectivity index (χ2v) is 6.70. The first-order valence-electron chi connectivity index (χ1n) is 8.47. The minimum atomic E-state index is -0.874. The van der Waals surface area contributed by atoms with E-state index in [0.29, 0.717) is 17.9 Å². The zero-order valence-electron chi connectivity index (χ0n) is 15.9. The minimum absolute atomic E-state index is 0.201. The van der Waals surface area contributed by atoms with Gasteiger partial charge in [-0.1, -0.05) is 41.7 Å². The predicted octanol–water partition coefficient (Wildman–Crippen LogP) is 4.22. The van der Waals surface area contributed by atoms with Crippen molar-refractivity contribution < 1.29 is 24.2 Å². The molecule has 28 heavy (non-hydrogen) atoms. The quantitative estimate of drug-likeness (QED) is 0.292. The number of carbonyl (C=O) groups excluding carboxylic acids is 1. The number of esters is 1. The van der Waals surface area contributed by atoms with Crippen LogP contribution in [0.25, 0.3) is 0 Å². The van der Waals surface area contributed by atoms with Crippen molar-refractivity contribution in [1.29, 1.82) is 0 Å². The van der Waals surface area contributed by atoms with Crippen LogP contribution < -0.4 is 9.47 Å². The van der Waals surface area contributed by atoms with Crippen LogP contribution in [-0.2, 0) is 23.0 Å². The summed E-state index contributed by atoms with van der Waals surface area (Å²) in [5.41, 5.74) is 1.25. The lowest BCUT2D eigenvalue weighted by Crippen LogP contribution is -2.25. The number of aryl methyl sites for hydroxylation is 2. The van der Waals surface area contributed by atoms with Gasteiger partial charge in [-0.2, -0.15) is 5.10 Å². The van der Waals surface area contributed by atoms with Gasteiger partial charge in [0.25, 0.3) is 0 Å². The van der Waals surface area contributed by atoms with Crippen LogP contribution in [0.1, 0.15) is 31.5 Å². The lowest BCUT2D eigenvalue weighted by molar-refractivity contribution is -0.147.